The van der Waals surface area contributed by atoms with Crippen molar-refractivity contribution in [3.8, 4) is 28.4 Å². The molecule has 0 saturated heterocycles. The van der Waals surface area contributed by atoms with Crippen molar-refractivity contribution in [2.45, 2.75) is 38.6 Å². The fourth-order valence-corrected chi connectivity index (χ4v) is 6.00. The van der Waals surface area contributed by atoms with E-state index >= 15 is 0 Å². The van der Waals surface area contributed by atoms with Crippen molar-refractivity contribution in [2.75, 3.05) is 38.5 Å². The summed E-state index contributed by atoms with van der Waals surface area (Å²) in [5.41, 5.74) is 4.11. The highest BCUT2D eigenvalue weighted by molar-refractivity contribution is 6.07. The van der Waals surface area contributed by atoms with E-state index < -0.39 is 6.04 Å². The Labute approximate surface area is 278 Å². The summed E-state index contributed by atoms with van der Waals surface area (Å²) in [6.45, 7) is 1.81. The molecule has 3 aromatic carbocycles. The van der Waals surface area contributed by atoms with Crippen molar-refractivity contribution in [3.63, 3.8) is 0 Å². The van der Waals surface area contributed by atoms with Crippen molar-refractivity contribution in [1.82, 2.24) is 14.9 Å². The Morgan fingerprint density at radius 1 is 1.00 bits per heavy atom. The number of nitrogens with one attached hydrogen (secondary N) is 3. The summed E-state index contributed by atoms with van der Waals surface area (Å²) >= 11 is 0. The van der Waals surface area contributed by atoms with Crippen molar-refractivity contribution in [2.24, 2.45) is 7.05 Å². The Bertz CT molecular complexity index is 1920. The van der Waals surface area contributed by atoms with E-state index in [2.05, 4.69) is 20.9 Å². The molecule has 3 N–H and O–H groups in total. The number of hydrogen-bond donors (Lipinski definition) is 3. The number of fused-ring (bicyclic) bond motifs is 3. The van der Waals surface area contributed by atoms with E-state index in [1.165, 1.54) is 14.0 Å². The normalized spacial score (nSPS) is 13.3. The van der Waals surface area contributed by atoms with Crippen molar-refractivity contribution >= 4 is 29.0 Å². The molecule has 250 valence electrons. The van der Waals surface area contributed by atoms with Crippen molar-refractivity contribution in [1.29, 1.82) is 0 Å². The van der Waals surface area contributed by atoms with E-state index in [4.69, 9.17) is 14.2 Å². The topological polar surface area (TPSA) is 150 Å². The fourth-order valence-electron chi connectivity index (χ4n) is 6.00. The molecule has 2 amide bonds. The van der Waals surface area contributed by atoms with Crippen molar-refractivity contribution in [3.05, 3.63) is 93.7 Å². The molecule has 1 heterocycles. The number of aryl methyl sites for hydroxylation is 2. The average molecular weight is 654 g/mol. The molecule has 0 unspecified atom stereocenters. The summed E-state index contributed by atoms with van der Waals surface area (Å²) in [5.74, 6) is 1.06. The minimum Gasteiger partial charge on any atom is -0.493 e. The smallest absolute Gasteiger partial charge is 0.228 e. The molecule has 5 rings (SSSR count). The number of ether oxygens (including phenoxy) is 3. The van der Waals surface area contributed by atoms with Gasteiger partial charge in [0, 0.05) is 56.1 Å². The van der Waals surface area contributed by atoms with Crippen LogP contribution in [0.1, 0.15) is 59.5 Å². The highest BCUT2D eigenvalue weighted by atomic mass is 16.5. The Hall–Kier alpha value is -5.65. The highest BCUT2D eigenvalue weighted by Crippen LogP contribution is 2.50. The van der Waals surface area contributed by atoms with E-state index in [9.17, 15) is 19.2 Å². The number of aromatic nitrogens is 2. The number of hydrogen-bond acceptors (Lipinski definition) is 9. The monoisotopic (exact) mass is 653 g/mol. The lowest BCUT2D eigenvalue weighted by Gasteiger charge is -2.19. The Morgan fingerprint density at radius 3 is 2.48 bits per heavy atom. The van der Waals surface area contributed by atoms with Gasteiger partial charge in [-0.2, -0.15) is 0 Å². The molecule has 1 atom stereocenters. The van der Waals surface area contributed by atoms with Gasteiger partial charge in [0.25, 0.3) is 0 Å². The first-order valence-electron chi connectivity index (χ1n) is 15.6. The summed E-state index contributed by atoms with van der Waals surface area (Å²) in [4.78, 5) is 55.4. The van der Waals surface area contributed by atoms with E-state index in [-0.39, 0.29) is 29.4 Å². The van der Waals surface area contributed by atoms with E-state index in [0.29, 0.717) is 71.4 Å². The van der Waals surface area contributed by atoms with Gasteiger partial charge in [-0.25, -0.2) is 4.98 Å². The maximum absolute atomic E-state index is 13.5. The van der Waals surface area contributed by atoms with Gasteiger partial charge < -0.3 is 34.7 Å². The third-order valence-corrected chi connectivity index (χ3v) is 8.24. The van der Waals surface area contributed by atoms with Gasteiger partial charge in [-0.15, -0.1) is 0 Å². The lowest BCUT2D eigenvalue weighted by atomic mass is 9.95. The number of rotatable bonds is 12. The second kappa shape index (κ2) is 14.8. The van der Waals surface area contributed by atoms with Crippen LogP contribution in [0, 0.1) is 0 Å². The van der Waals surface area contributed by atoms with Crippen LogP contribution in [0.15, 0.2) is 65.7 Å². The van der Waals surface area contributed by atoms with Gasteiger partial charge in [0.1, 0.15) is 0 Å². The summed E-state index contributed by atoms with van der Waals surface area (Å²) in [6, 6.07) is 13.3. The first-order chi connectivity index (χ1) is 23.1. The quantitative estimate of drug-likeness (QED) is 0.147. The first kappa shape index (κ1) is 33.7. The maximum atomic E-state index is 13.5. The number of amides is 2. The molecule has 0 aliphatic heterocycles. The molecular formula is C36H39N5O7. The number of nitrogens with zero attached hydrogens (tertiary/aromatic N) is 2. The van der Waals surface area contributed by atoms with Crippen LogP contribution in [0.4, 0.5) is 11.4 Å². The molecule has 0 saturated carbocycles. The number of anilines is 2. The second-order valence-corrected chi connectivity index (χ2v) is 11.4. The maximum Gasteiger partial charge on any atom is 0.228 e. The van der Waals surface area contributed by atoms with Crippen LogP contribution in [0.25, 0.3) is 11.1 Å². The van der Waals surface area contributed by atoms with Gasteiger partial charge in [0.05, 0.1) is 33.1 Å². The zero-order chi connectivity index (χ0) is 34.4. The number of ketones is 1. The number of carbonyl (C=O) groups excluding carboxylic acids is 3. The molecule has 1 aliphatic rings. The van der Waals surface area contributed by atoms with E-state index in [0.717, 1.165) is 16.7 Å². The number of imidazole rings is 1. The molecule has 12 nitrogen and oxygen atoms in total. The molecule has 48 heavy (non-hydrogen) atoms. The molecule has 0 radical (unpaired) electrons. The summed E-state index contributed by atoms with van der Waals surface area (Å²) in [6.07, 6.45) is 5.03. The predicted molar refractivity (Wildman–Crippen MR) is 182 cm³/mol. The van der Waals surface area contributed by atoms with Crippen LogP contribution in [0.2, 0.25) is 0 Å². The number of benzene rings is 2. The van der Waals surface area contributed by atoms with Crippen molar-refractivity contribution < 1.29 is 28.6 Å². The van der Waals surface area contributed by atoms with Crippen LogP contribution in [-0.4, -0.2) is 55.0 Å². The standard InChI is InChI=1S/C36H39N5O7/c1-21(42)39-27-13-11-22-19-30(46-3)34(47-4)35(48-5)32(22)25-12-14-28(29(43)20-26(25)27)37-15-7-10-31(44)40-24-9-6-8-23(18-24)33(45)36-38-16-17-41(36)2/h6,8-9,12,14,16-20,27H,7,10-11,13,15H2,1-5H3,(H,37,43)(H,39,42)(H,40,44)/t27-/m1/s1. The Kier molecular flexibility index (Phi) is 10.4. The second-order valence-electron chi connectivity index (χ2n) is 11.4. The molecule has 1 aliphatic carbocycles. The van der Waals surface area contributed by atoms with Gasteiger partial charge in [-0.05, 0) is 66.3 Å². The van der Waals surface area contributed by atoms with Crippen LogP contribution >= 0.6 is 0 Å². The molecule has 0 spiro atoms. The summed E-state index contributed by atoms with van der Waals surface area (Å²) in [5, 5.41) is 9.02. The fraction of sp³-hybridized carbons (Fsp3) is 0.306. The lowest BCUT2D eigenvalue weighted by molar-refractivity contribution is -0.119. The van der Waals surface area contributed by atoms with Gasteiger partial charge in [0.15, 0.2) is 17.3 Å². The minimum absolute atomic E-state index is 0.186. The summed E-state index contributed by atoms with van der Waals surface area (Å²) in [7, 11) is 6.39. The Morgan fingerprint density at radius 2 is 1.79 bits per heavy atom. The molecule has 12 heteroatoms. The van der Waals surface area contributed by atoms with Gasteiger partial charge in [-0.1, -0.05) is 18.2 Å². The van der Waals surface area contributed by atoms with Crippen LogP contribution in [0.5, 0.6) is 17.2 Å². The van der Waals surface area contributed by atoms with Gasteiger partial charge in [-0.3, -0.25) is 19.2 Å². The Balaban J connectivity index is 1.33. The molecule has 1 aromatic heterocycles. The summed E-state index contributed by atoms with van der Waals surface area (Å²) < 4.78 is 18.7. The van der Waals surface area contributed by atoms with Gasteiger partial charge in [0.2, 0.25) is 28.8 Å². The zero-order valence-corrected chi connectivity index (χ0v) is 27.6. The lowest BCUT2D eigenvalue weighted by Crippen LogP contribution is -2.26. The van der Waals surface area contributed by atoms with Crippen LogP contribution in [0.3, 0.4) is 0 Å². The van der Waals surface area contributed by atoms with E-state index in [1.807, 2.05) is 12.1 Å². The minimum atomic E-state index is -0.416. The van der Waals surface area contributed by atoms with E-state index in [1.54, 1.807) is 74.6 Å². The molecule has 0 bridgehead atoms. The molecular weight excluding hydrogens is 614 g/mol. The SMILES string of the molecule is COc1cc2c(c(OC)c1OC)-c1ccc(NCCCC(=O)Nc3cccc(C(=O)c4nccn4C)c3)c(=O)cc1[C@H](NC(C)=O)CC2. The highest BCUT2D eigenvalue weighted by Gasteiger charge is 2.29. The average Bonchev–Trinajstić information content (AvgIpc) is 3.37. The molecule has 4 aromatic rings. The van der Waals surface area contributed by atoms with Gasteiger partial charge >= 0.3 is 0 Å². The van der Waals surface area contributed by atoms with Crippen LogP contribution in [-0.2, 0) is 23.1 Å². The zero-order valence-electron chi connectivity index (χ0n) is 27.6. The number of methoxy groups -OCH3 is 3. The third kappa shape index (κ3) is 7.17. The third-order valence-electron chi connectivity index (χ3n) is 8.24. The predicted octanol–water partition coefficient (Wildman–Crippen LogP) is 4.66. The van der Waals surface area contributed by atoms with Crippen LogP contribution < -0.4 is 35.6 Å². The largest absolute Gasteiger partial charge is 0.493 e. The first-order valence-corrected chi connectivity index (χ1v) is 15.6. The molecule has 0 fully saturated rings. The number of carbonyl (C=O) groups is 3.